The van der Waals surface area contributed by atoms with Gasteiger partial charge in [-0.2, -0.15) is 0 Å². The Bertz CT molecular complexity index is 868. The summed E-state index contributed by atoms with van der Waals surface area (Å²) in [5.41, 5.74) is 1.14. The maximum Gasteiger partial charge on any atom is 0.316 e. The molecule has 7 heteroatoms. The van der Waals surface area contributed by atoms with Crippen molar-refractivity contribution in [3.05, 3.63) is 60.4 Å². The fraction of sp³-hybridized carbons (Fsp3) is 0.167. The van der Waals surface area contributed by atoms with Crippen molar-refractivity contribution in [2.75, 3.05) is 12.4 Å². The number of hydrogen-bond donors (Lipinski definition) is 0. The van der Waals surface area contributed by atoms with Gasteiger partial charge >= 0.3 is 5.97 Å². The van der Waals surface area contributed by atoms with Crippen LogP contribution in [0.5, 0.6) is 0 Å². The summed E-state index contributed by atoms with van der Waals surface area (Å²) in [5, 5.41) is 8.79. The van der Waals surface area contributed by atoms with E-state index in [4.69, 9.17) is 4.74 Å². The maximum absolute atomic E-state index is 14.2. The molecule has 0 atom stereocenters. The molecular formula is C18H16FN3O2S. The van der Waals surface area contributed by atoms with Crippen LogP contribution < -0.4 is 0 Å². The predicted molar refractivity (Wildman–Crippen MR) is 94.1 cm³/mol. The van der Waals surface area contributed by atoms with Crippen molar-refractivity contribution >= 4 is 17.7 Å². The van der Waals surface area contributed by atoms with Gasteiger partial charge in [-0.3, -0.25) is 9.36 Å². The van der Waals surface area contributed by atoms with Crippen molar-refractivity contribution in [3.63, 3.8) is 0 Å². The van der Waals surface area contributed by atoms with Crippen LogP contribution in [0.3, 0.4) is 0 Å². The quantitative estimate of drug-likeness (QED) is 0.497. The van der Waals surface area contributed by atoms with Crippen LogP contribution >= 0.6 is 11.8 Å². The van der Waals surface area contributed by atoms with E-state index >= 15 is 0 Å². The molecule has 0 amide bonds. The van der Waals surface area contributed by atoms with Gasteiger partial charge < -0.3 is 4.74 Å². The fourth-order valence-electron chi connectivity index (χ4n) is 2.32. The number of halogens is 1. The molecule has 0 unspecified atom stereocenters. The predicted octanol–water partition coefficient (Wildman–Crippen LogP) is 3.73. The Morgan fingerprint density at radius 3 is 2.56 bits per heavy atom. The number of nitrogens with zero attached hydrogens (tertiary/aromatic N) is 3. The maximum atomic E-state index is 14.2. The minimum Gasteiger partial charge on any atom is -0.465 e. The highest BCUT2D eigenvalue weighted by atomic mass is 32.2. The summed E-state index contributed by atoms with van der Waals surface area (Å²) in [6.07, 6.45) is 0. The summed E-state index contributed by atoms with van der Waals surface area (Å²) >= 11 is 1.20. The highest BCUT2D eigenvalue weighted by Gasteiger charge is 2.19. The summed E-state index contributed by atoms with van der Waals surface area (Å²) in [6.45, 7) is 2.08. The molecule has 2 aromatic carbocycles. The minimum absolute atomic E-state index is 0.107. The first kappa shape index (κ1) is 17.2. The molecule has 0 aliphatic carbocycles. The van der Waals surface area contributed by atoms with E-state index < -0.39 is 0 Å². The Labute approximate surface area is 148 Å². The van der Waals surface area contributed by atoms with Crippen molar-refractivity contribution in [1.82, 2.24) is 14.8 Å². The van der Waals surface area contributed by atoms with Gasteiger partial charge in [0.1, 0.15) is 5.82 Å². The molecule has 0 fully saturated rings. The number of ether oxygens (including phenoxy) is 1. The van der Waals surface area contributed by atoms with Gasteiger partial charge in [0, 0.05) is 5.69 Å². The first-order chi connectivity index (χ1) is 12.2. The normalized spacial score (nSPS) is 10.6. The summed E-state index contributed by atoms with van der Waals surface area (Å²) < 4.78 is 20.9. The van der Waals surface area contributed by atoms with E-state index in [9.17, 15) is 9.18 Å². The van der Waals surface area contributed by atoms with Gasteiger partial charge in [0.15, 0.2) is 11.0 Å². The third kappa shape index (κ3) is 3.88. The third-order valence-corrected chi connectivity index (χ3v) is 4.29. The summed E-state index contributed by atoms with van der Waals surface area (Å²) in [7, 11) is 0. The number of thioether (sulfide) groups is 1. The van der Waals surface area contributed by atoms with Gasteiger partial charge in [-0.1, -0.05) is 42.1 Å². The van der Waals surface area contributed by atoms with Crippen LogP contribution in [0.25, 0.3) is 17.1 Å². The molecule has 3 aromatic rings. The first-order valence-corrected chi connectivity index (χ1v) is 8.73. The van der Waals surface area contributed by atoms with Gasteiger partial charge in [0.25, 0.3) is 0 Å². The molecule has 5 nitrogen and oxygen atoms in total. The Kier molecular flexibility index (Phi) is 5.45. The standard InChI is InChI=1S/C18H16FN3O2S/c1-2-24-16(23)12-25-18-21-20-17(14-10-6-7-11-15(14)19)22(18)13-8-4-3-5-9-13/h3-11H,2,12H2,1H3. The number of hydrogen-bond acceptors (Lipinski definition) is 5. The van der Waals surface area contributed by atoms with Crippen LogP contribution in [0.2, 0.25) is 0 Å². The van der Waals surface area contributed by atoms with Crippen LogP contribution in [0, 0.1) is 5.82 Å². The number of aromatic nitrogens is 3. The molecule has 0 aliphatic heterocycles. The zero-order valence-electron chi connectivity index (χ0n) is 13.6. The van der Waals surface area contributed by atoms with E-state index in [2.05, 4.69) is 10.2 Å². The zero-order chi connectivity index (χ0) is 17.6. The molecule has 0 saturated carbocycles. The topological polar surface area (TPSA) is 57.0 Å². The Hall–Kier alpha value is -2.67. The van der Waals surface area contributed by atoms with Gasteiger partial charge in [0.2, 0.25) is 0 Å². The molecule has 0 spiro atoms. The van der Waals surface area contributed by atoms with Crippen LogP contribution in [0.1, 0.15) is 6.92 Å². The number of carbonyl (C=O) groups excluding carboxylic acids is 1. The van der Waals surface area contributed by atoms with E-state index in [0.29, 0.717) is 23.2 Å². The highest BCUT2D eigenvalue weighted by Crippen LogP contribution is 2.29. The summed E-state index contributed by atoms with van der Waals surface area (Å²) in [5.74, 6) is -0.219. The lowest BCUT2D eigenvalue weighted by molar-refractivity contribution is -0.139. The molecule has 1 heterocycles. The van der Waals surface area contributed by atoms with Crippen LogP contribution in [0.15, 0.2) is 59.8 Å². The molecule has 0 N–H and O–H groups in total. The Morgan fingerprint density at radius 2 is 1.84 bits per heavy atom. The number of carbonyl (C=O) groups is 1. The van der Waals surface area contributed by atoms with E-state index in [0.717, 1.165) is 5.69 Å². The first-order valence-electron chi connectivity index (χ1n) is 7.75. The lowest BCUT2D eigenvalue weighted by Crippen LogP contribution is -2.08. The molecule has 0 saturated heterocycles. The second-order valence-electron chi connectivity index (χ2n) is 5.05. The van der Waals surface area contributed by atoms with E-state index in [1.165, 1.54) is 17.8 Å². The van der Waals surface area contributed by atoms with Crippen molar-refractivity contribution < 1.29 is 13.9 Å². The number of esters is 1. The molecule has 0 radical (unpaired) electrons. The van der Waals surface area contributed by atoms with Crippen molar-refractivity contribution in [3.8, 4) is 17.1 Å². The molecule has 25 heavy (non-hydrogen) atoms. The van der Waals surface area contributed by atoms with Gasteiger partial charge in [-0.15, -0.1) is 10.2 Å². The second-order valence-corrected chi connectivity index (χ2v) is 5.99. The van der Waals surface area contributed by atoms with Crippen LogP contribution in [-0.2, 0) is 9.53 Å². The van der Waals surface area contributed by atoms with Crippen molar-refractivity contribution in [2.24, 2.45) is 0 Å². The lowest BCUT2D eigenvalue weighted by Gasteiger charge is -2.10. The molecule has 1 aromatic heterocycles. The molecule has 0 bridgehead atoms. The van der Waals surface area contributed by atoms with Crippen molar-refractivity contribution in [2.45, 2.75) is 12.1 Å². The van der Waals surface area contributed by atoms with Gasteiger partial charge in [-0.05, 0) is 31.2 Å². The van der Waals surface area contributed by atoms with Gasteiger partial charge in [-0.25, -0.2) is 4.39 Å². The Morgan fingerprint density at radius 1 is 1.12 bits per heavy atom. The van der Waals surface area contributed by atoms with Crippen molar-refractivity contribution in [1.29, 1.82) is 0 Å². The second kappa shape index (κ2) is 7.94. The summed E-state index contributed by atoms with van der Waals surface area (Å²) in [6, 6.07) is 15.8. The number of rotatable bonds is 6. The fourth-order valence-corrected chi connectivity index (χ4v) is 3.07. The van der Waals surface area contributed by atoms with E-state index in [1.54, 1.807) is 29.7 Å². The number of para-hydroxylation sites is 1. The molecule has 3 rings (SSSR count). The average Bonchev–Trinajstić information content (AvgIpc) is 3.05. The van der Waals surface area contributed by atoms with E-state index in [1.807, 2.05) is 30.3 Å². The van der Waals surface area contributed by atoms with Gasteiger partial charge in [0.05, 0.1) is 17.9 Å². The minimum atomic E-state index is -0.381. The SMILES string of the molecule is CCOC(=O)CSc1nnc(-c2ccccc2F)n1-c1ccccc1. The van der Waals surface area contributed by atoms with Crippen LogP contribution in [-0.4, -0.2) is 33.1 Å². The third-order valence-electron chi connectivity index (χ3n) is 3.39. The zero-order valence-corrected chi connectivity index (χ0v) is 14.4. The lowest BCUT2D eigenvalue weighted by atomic mass is 10.2. The summed E-state index contributed by atoms with van der Waals surface area (Å²) in [4.78, 5) is 11.6. The van der Waals surface area contributed by atoms with E-state index in [-0.39, 0.29) is 17.5 Å². The number of benzene rings is 2. The highest BCUT2D eigenvalue weighted by molar-refractivity contribution is 7.99. The van der Waals surface area contributed by atoms with Crippen LogP contribution in [0.4, 0.5) is 4.39 Å². The molecule has 128 valence electrons. The molecule has 0 aliphatic rings. The smallest absolute Gasteiger partial charge is 0.316 e. The Balaban J connectivity index is 2.02. The largest absolute Gasteiger partial charge is 0.465 e. The molecular weight excluding hydrogens is 341 g/mol. The monoisotopic (exact) mass is 357 g/mol. The average molecular weight is 357 g/mol.